The van der Waals surface area contributed by atoms with Gasteiger partial charge in [-0.05, 0) is 36.4 Å². The number of H-pyrrole nitrogens is 1. The van der Waals surface area contributed by atoms with Crippen LogP contribution in [-0.4, -0.2) is 9.97 Å². The average molecular weight is 261 g/mol. The van der Waals surface area contributed by atoms with Gasteiger partial charge in [-0.15, -0.1) is 0 Å². The molecule has 0 amide bonds. The summed E-state index contributed by atoms with van der Waals surface area (Å²) in [6, 6.07) is 13.5. The molecular weight excluding hydrogens is 250 g/mol. The molecule has 96 valence electrons. The van der Waals surface area contributed by atoms with Crippen molar-refractivity contribution in [3.05, 3.63) is 66.4 Å². The molecule has 0 aliphatic rings. The van der Waals surface area contributed by atoms with Crippen LogP contribution >= 0.6 is 0 Å². The van der Waals surface area contributed by atoms with Crippen LogP contribution in [0.5, 0.6) is 0 Å². The number of rotatable bonds is 3. The van der Waals surface area contributed by atoms with Gasteiger partial charge in [0.2, 0.25) is 0 Å². The van der Waals surface area contributed by atoms with E-state index in [2.05, 4.69) is 16.0 Å². The van der Waals surface area contributed by atoms with Crippen LogP contribution in [0.3, 0.4) is 0 Å². The quantitative estimate of drug-likeness (QED) is 0.576. The monoisotopic (exact) mass is 261 g/mol. The Balaban J connectivity index is 1.91. The first-order valence-electron chi connectivity index (χ1n) is 6.14. The molecule has 0 atom stereocenters. The third kappa shape index (κ3) is 2.38. The van der Waals surface area contributed by atoms with Crippen LogP contribution in [0.25, 0.3) is 22.7 Å². The van der Waals surface area contributed by atoms with Gasteiger partial charge >= 0.3 is 0 Å². The zero-order valence-corrected chi connectivity index (χ0v) is 10.6. The van der Waals surface area contributed by atoms with Gasteiger partial charge in [0, 0.05) is 0 Å². The van der Waals surface area contributed by atoms with Crippen LogP contribution < -0.4 is 0 Å². The van der Waals surface area contributed by atoms with Crippen LogP contribution in [0.1, 0.15) is 11.6 Å². The Bertz CT molecular complexity index is 784. The molecule has 0 radical (unpaired) electrons. The Labute approximate surface area is 115 Å². The first kappa shape index (κ1) is 12.0. The molecule has 0 aliphatic heterocycles. The molecule has 0 bridgehead atoms. The molecule has 0 fully saturated rings. The highest BCUT2D eigenvalue weighted by Crippen LogP contribution is 2.16. The molecule has 0 aliphatic carbocycles. The van der Waals surface area contributed by atoms with E-state index in [9.17, 15) is 5.26 Å². The van der Waals surface area contributed by atoms with Gasteiger partial charge in [-0.25, -0.2) is 4.98 Å². The van der Waals surface area contributed by atoms with E-state index in [1.165, 1.54) is 0 Å². The molecular formula is C16H11N3O. The fourth-order valence-corrected chi connectivity index (χ4v) is 1.87. The summed E-state index contributed by atoms with van der Waals surface area (Å²) in [6.07, 6.45) is 6.87. The predicted molar refractivity (Wildman–Crippen MR) is 77.4 cm³/mol. The molecule has 0 saturated heterocycles. The average Bonchev–Trinajstić information content (AvgIpc) is 3.12. The van der Waals surface area contributed by atoms with Gasteiger partial charge in [-0.3, -0.25) is 0 Å². The third-order valence-corrected chi connectivity index (χ3v) is 2.83. The molecule has 20 heavy (non-hydrogen) atoms. The van der Waals surface area contributed by atoms with Crippen LogP contribution in [0.15, 0.2) is 59.2 Å². The molecule has 4 heteroatoms. The van der Waals surface area contributed by atoms with Gasteiger partial charge in [0.05, 0.1) is 22.9 Å². The van der Waals surface area contributed by atoms with Crippen molar-refractivity contribution in [1.29, 1.82) is 5.26 Å². The first-order chi connectivity index (χ1) is 9.86. The lowest BCUT2D eigenvalue weighted by Gasteiger charge is -1.89. The van der Waals surface area contributed by atoms with Gasteiger partial charge in [0.15, 0.2) is 0 Å². The second-order valence-corrected chi connectivity index (χ2v) is 4.17. The van der Waals surface area contributed by atoms with Crippen molar-refractivity contribution in [3.8, 4) is 6.07 Å². The lowest BCUT2D eigenvalue weighted by molar-refractivity contribution is 0.557. The maximum absolute atomic E-state index is 9.23. The number of imidazole rings is 1. The number of fused-ring (bicyclic) bond motifs is 1. The number of para-hydroxylation sites is 2. The number of nitrogens with zero attached hydrogens (tertiary/aromatic N) is 2. The molecule has 2 heterocycles. The lowest BCUT2D eigenvalue weighted by Crippen LogP contribution is -1.83. The number of allylic oxidation sites excluding steroid dienone is 3. The summed E-state index contributed by atoms with van der Waals surface area (Å²) in [5.41, 5.74) is 2.24. The summed E-state index contributed by atoms with van der Waals surface area (Å²) in [6.45, 7) is 0. The zero-order valence-electron chi connectivity index (χ0n) is 10.6. The van der Waals surface area contributed by atoms with Gasteiger partial charge < -0.3 is 9.40 Å². The van der Waals surface area contributed by atoms with Crippen molar-refractivity contribution >= 4 is 22.7 Å². The Morgan fingerprint density at radius 2 is 2.15 bits per heavy atom. The number of hydrogen-bond acceptors (Lipinski definition) is 3. The first-order valence-corrected chi connectivity index (χ1v) is 6.14. The number of hydrogen-bond donors (Lipinski definition) is 1. The Morgan fingerprint density at radius 3 is 2.90 bits per heavy atom. The van der Waals surface area contributed by atoms with Crippen molar-refractivity contribution in [2.75, 3.05) is 0 Å². The van der Waals surface area contributed by atoms with Crippen molar-refractivity contribution in [1.82, 2.24) is 9.97 Å². The molecule has 1 aromatic carbocycles. The molecule has 1 N–H and O–H groups in total. The normalized spacial score (nSPS) is 12.1. The molecule has 0 unspecified atom stereocenters. The molecule has 3 aromatic rings. The van der Waals surface area contributed by atoms with E-state index in [-0.39, 0.29) is 0 Å². The van der Waals surface area contributed by atoms with Crippen LogP contribution in [0, 0.1) is 11.3 Å². The maximum Gasteiger partial charge on any atom is 0.149 e. The van der Waals surface area contributed by atoms with Crippen molar-refractivity contribution < 1.29 is 4.42 Å². The van der Waals surface area contributed by atoms with E-state index < -0.39 is 0 Å². The molecule has 0 spiro atoms. The number of benzene rings is 1. The number of aromatic nitrogens is 2. The second-order valence-electron chi connectivity index (χ2n) is 4.17. The number of aromatic amines is 1. The summed E-state index contributed by atoms with van der Waals surface area (Å²) in [5, 5.41) is 9.23. The Morgan fingerprint density at radius 1 is 1.25 bits per heavy atom. The summed E-state index contributed by atoms with van der Waals surface area (Å²) in [7, 11) is 0. The van der Waals surface area contributed by atoms with E-state index >= 15 is 0 Å². The number of nitriles is 1. The minimum absolute atomic E-state index is 0.476. The van der Waals surface area contributed by atoms with Crippen molar-refractivity contribution in [2.24, 2.45) is 0 Å². The Kier molecular flexibility index (Phi) is 3.17. The zero-order chi connectivity index (χ0) is 13.8. The largest absolute Gasteiger partial charge is 0.465 e. The van der Waals surface area contributed by atoms with Crippen LogP contribution in [0.2, 0.25) is 0 Å². The maximum atomic E-state index is 9.23. The Hall–Kier alpha value is -3.06. The predicted octanol–water partition coefficient (Wildman–Crippen LogP) is 3.78. The van der Waals surface area contributed by atoms with Crippen LogP contribution in [0.4, 0.5) is 0 Å². The van der Waals surface area contributed by atoms with Gasteiger partial charge in [0.1, 0.15) is 17.7 Å². The highest BCUT2D eigenvalue weighted by atomic mass is 16.3. The standard InChI is InChI=1S/C16H11N3O/c17-11-12(5-3-6-13-7-4-10-20-13)16-18-14-8-1-2-9-15(14)19-16/h1-10H,(H,18,19)/b6-3-,12-5-. The van der Waals surface area contributed by atoms with E-state index in [1.54, 1.807) is 24.5 Å². The van der Waals surface area contributed by atoms with Crippen molar-refractivity contribution in [3.63, 3.8) is 0 Å². The fraction of sp³-hybridized carbons (Fsp3) is 0. The molecule has 2 aromatic heterocycles. The van der Waals surface area contributed by atoms with E-state index in [4.69, 9.17) is 4.42 Å². The summed E-state index contributed by atoms with van der Waals surface area (Å²) >= 11 is 0. The highest BCUT2D eigenvalue weighted by Gasteiger charge is 2.05. The third-order valence-electron chi connectivity index (χ3n) is 2.83. The molecule has 3 rings (SSSR count). The highest BCUT2D eigenvalue weighted by molar-refractivity contribution is 5.82. The summed E-state index contributed by atoms with van der Waals surface area (Å²) < 4.78 is 5.18. The minimum atomic E-state index is 0.476. The smallest absolute Gasteiger partial charge is 0.149 e. The number of furan rings is 1. The topological polar surface area (TPSA) is 65.6 Å². The fourth-order valence-electron chi connectivity index (χ4n) is 1.87. The van der Waals surface area contributed by atoms with E-state index in [1.807, 2.05) is 36.4 Å². The number of nitrogens with one attached hydrogen (secondary N) is 1. The van der Waals surface area contributed by atoms with Crippen LogP contribution in [-0.2, 0) is 0 Å². The van der Waals surface area contributed by atoms with Gasteiger partial charge in [-0.1, -0.05) is 18.2 Å². The minimum Gasteiger partial charge on any atom is -0.465 e. The van der Waals surface area contributed by atoms with E-state index in [0.717, 1.165) is 16.8 Å². The summed E-state index contributed by atoms with van der Waals surface area (Å²) in [4.78, 5) is 7.53. The molecule has 4 nitrogen and oxygen atoms in total. The lowest BCUT2D eigenvalue weighted by atomic mass is 10.2. The van der Waals surface area contributed by atoms with Gasteiger partial charge in [0.25, 0.3) is 0 Å². The van der Waals surface area contributed by atoms with Crippen molar-refractivity contribution in [2.45, 2.75) is 0 Å². The van der Waals surface area contributed by atoms with E-state index in [0.29, 0.717) is 11.4 Å². The second kappa shape index (κ2) is 5.29. The molecule has 0 saturated carbocycles. The van der Waals surface area contributed by atoms with Gasteiger partial charge in [-0.2, -0.15) is 5.26 Å². The SMILES string of the molecule is N#C/C(=C/C=C\c1ccco1)c1nc2ccccc2[nH]1. The summed E-state index contributed by atoms with van der Waals surface area (Å²) in [5.74, 6) is 1.31.